The second kappa shape index (κ2) is 8.10. The highest BCUT2D eigenvalue weighted by Crippen LogP contribution is 2.70. The van der Waals surface area contributed by atoms with E-state index in [1.165, 1.54) is 6.92 Å². The third-order valence-corrected chi connectivity index (χ3v) is 10.5. The first-order valence-corrected chi connectivity index (χ1v) is 13.6. The van der Waals surface area contributed by atoms with Crippen molar-refractivity contribution in [2.75, 3.05) is 0 Å². The zero-order valence-electron chi connectivity index (χ0n) is 22.8. The van der Waals surface area contributed by atoms with E-state index in [1.54, 1.807) is 58.0 Å². The predicted octanol–water partition coefficient (Wildman–Crippen LogP) is 0.885. The Bertz CT molecular complexity index is 1200. The topological polar surface area (TPSA) is 155 Å². The number of aliphatic hydroxyl groups excluding tert-OH is 3. The van der Waals surface area contributed by atoms with Crippen LogP contribution in [0, 0.1) is 23.7 Å². The van der Waals surface area contributed by atoms with Crippen LogP contribution < -0.4 is 0 Å². The lowest BCUT2D eigenvalue weighted by Gasteiger charge is -2.62. The molecule has 14 atom stereocenters. The molecule has 10 heteroatoms. The predicted molar refractivity (Wildman–Crippen MR) is 135 cm³/mol. The maximum atomic E-state index is 13.4. The van der Waals surface area contributed by atoms with Crippen molar-refractivity contribution in [1.29, 1.82) is 0 Å². The Morgan fingerprint density at radius 1 is 1.05 bits per heavy atom. The van der Waals surface area contributed by atoms with E-state index in [9.17, 15) is 30.3 Å². The summed E-state index contributed by atoms with van der Waals surface area (Å²) in [5.74, 6) is -5.64. The summed E-state index contributed by atoms with van der Waals surface area (Å²) < 4.78 is 25.7. The summed E-state index contributed by atoms with van der Waals surface area (Å²) in [6.07, 6.45) is -6.96. The summed E-state index contributed by atoms with van der Waals surface area (Å²) in [7, 11) is 0. The molecule has 2 aliphatic heterocycles. The van der Waals surface area contributed by atoms with E-state index < -0.39 is 88.5 Å². The number of esters is 1. The minimum Gasteiger partial charge on any atom is -0.455 e. The van der Waals surface area contributed by atoms with Crippen LogP contribution in [-0.2, 0) is 18.9 Å². The number of ether oxygens (including phenoxy) is 4. The van der Waals surface area contributed by atoms with Crippen molar-refractivity contribution < 1.29 is 49.3 Å². The van der Waals surface area contributed by atoms with E-state index >= 15 is 0 Å². The molecule has 5 aliphatic rings. The first-order valence-electron chi connectivity index (χ1n) is 13.6. The quantitative estimate of drug-likeness (QED) is 0.273. The molecule has 2 heterocycles. The van der Waals surface area contributed by atoms with Crippen molar-refractivity contribution in [3.63, 3.8) is 0 Å². The molecule has 0 radical (unpaired) electrons. The van der Waals surface area contributed by atoms with Gasteiger partial charge in [-0.2, -0.15) is 0 Å². The van der Waals surface area contributed by atoms with Crippen LogP contribution in [0.15, 0.2) is 42.5 Å². The fourth-order valence-electron chi connectivity index (χ4n) is 8.74. The van der Waals surface area contributed by atoms with Crippen LogP contribution in [0.4, 0.5) is 0 Å². The van der Waals surface area contributed by atoms with Crippen LogP contribution in [0.1, 0.15) is 51.4 Å². The smallest absolute Gasteiger partial charge is 0.338 e. The lowest BCUT2D eigenvalue weighted by Crippen LogP contribution is -2.77. The number of carbonyl (C=O) groups is 1. The Hall–Kier alpha value is -1.89. The molecule has 3 saturated carbocycles. The number of hydrogen-bond donors (Lipinski definition) is 5. The molecule has 2 saturated heterocycles. The van der Waals surface area contributed by atoms with Gasteiger partial charge in [0.2, 0.25) is 0 Å². The van der Waals surface area contributed by atoms with Gasteiger partial charge in [0.1, 0.15) is 29.5 Å². The van der Waals surface area contributed by atoms with E-state index in [4.69, 9.17) is 18.9 Å². The van der Waals surface area contributed by atoms with Gasteiger partial charge in [0.05, 0.1) is 23.4 Å². The van der Waals surface area contributed by atoms with E-state index in [0.717, 1.165) is 0 Å². The molecule has 214 valence electrons. The zero-order chi connectivity index (χ0) is 28.5. The second-order valence-corrected chi connectivity index (χ2v) is 12.7. The van der Waals surface area contributed by atoms with Gasteiger partial charge in [0.15, 0.2) is 5.60 Å². The summed E-state index contributed by atoms with van der Waals surface area (Å²) >= 11 is 0. The zero-order valence-corrected chi connectivity index (χ0v) is 22.8. The standard InChI is InChI=1S/C29H38O10/c1-13(2)28-21(36-23(32)16-10-8-7-9-11-16)15(4)29-17-12-14(3)19(30)27(17,35)24(33)25(5,34)20(31)18(29)22(28)37-26(6,38-28)39-29/h7-11,14-15,17-22,24,30-31,33-35H,1,12H2,2-6H3/t14-,15+,17+,18-,19-,20-,21-,22+,24+,25+,26+,27+,28-,29-/m0/s1. The summed E-state index contributed by atoms with van der Waals surface area (Å²) in [4.78, 5) is 13.4. The molecule has 1 aromatic rings. The van der Waals surface area contributed by atoms with Crippen molar-refractivity contribution in [2.24, 2.45) is 23.7 Å². The molecule has 0 amide bonds. The highest BCUT2D eigenvalue weighted by Gasteiger charge is 2.86. The maximum absolute atomic E-state index is 13.4. The minimum absolute atomic E-state index is 0.195. The van der Waals surface area contributed by atoms with Gasteiger partial charge in [-0.1, -0.05) is 38.6 Å². The molecule has 3 bridgehead atoms. The molecule has 39 heavy (non-hydrogen) atoms. The normalized spacial score (nSPS) is 55.5. The molecule has 3 aliphatic carbocycles. The monoisotopic (exact) mass is 546 g/mol. The number of rotatable bonds is 3. The van der Waals surface area contributed by atoms with Crippen LogP contribution in [0.25, 0.3) is 0 Å². The average Bonchev–Trinajstić information content (AvgIpc) is 3.25. The second-order valence-electron chi connectivity index (χ2n) is 12.7. The molecule has 5 N–H and O–H groups in total. The highest BCUT2D eigenvalue weighted by molar-refractivity contribution is 5.89. The Balaban J connectivity index is 1.60. The molecule has 5 fully saturated rings. The van der Waals surface area contributed by atoms with E-state index in [0.29, 0.717) is 11.1 Å². The van der Waals surface area contributed by atoms with Crippen LogP contribution in [0.5, 0.6) is 0 Å². The Kier molecular flexibility index (Phi) is 5.67. The average molecular weight is 547 g/mol. The van der Waals surface area contributed by atoms with Crippen LogP contribution in [0.2, 0.25) is 0 Å². The van der Waals surface area contributed by atoms with Crippen molar-refractivity contribution >= 4 is 5.97 Å². The molecule has 0 spiro atoms. The largest absolute Gasteiger partial charge is 0.455 e. The fourth-order valence-corrected chi connectivity index (χ4v) is 8.74. The van der Waals surface area contributed by atoms with Crippen molar-refractivity contribution in [1.82, 2.24) is 0 Å². The Labute approximate surface area is 227 Å². The summed E-state index contributed by atoms with van der Waals surface area (Å²) in [5.41, 5.74) is -6.82. The van der Waals surface area contributed by atoms with Gasteiger partial charge < -0.3 is 44.5 Å². The summed E-state index contributed by atoms with van der Waals surface area (Å²) in [6, 6.07) is 8.47. The Morgan fingerprint density at radius 2 is 1.69 bits per heavy atom. The van der Waals surface area contributed by atoms with Gasteiger partial charge in [-0.25, -0.2) is 4.79 Å². The molecular formula is C29H38O10. The maximum Gasteiger partial charge on any atom is 0.338 e. The molecule has 0 aromatic heterocycles. The fraction of sp³-hybridized carbons (Fsp3) is 0.690. The van der Waals surface area contributed by atoms with Crippen LogP contribution >= 0.6 is 0 Å². The number of fused-ring (bicyclic) bond motifs is 2. The van der Waals surface area contributed by atoms with Gasteiger partial charge in [0, 0.05) is 24.7 Å². The van der Waals surface area contributed by atoms with E-state index in [2.05, 4.69) is 6.58 Å². The van der Waals surface area contributed by atoms with E-state index in [-0.39, 0.29) is 6.42 Å². The lowest BCUT2D eigenvalue weighted by atomic mass is 9.52. The molecule has 0 unspecified atom stereocenters. The first-order chi connectivity index (χ1) is 18.1. The lowest BCUT2D eigenvalue weighted by molar-refractivity contribution is -0.429. The van der Waals surface area contributed by atoms with Crippen molar-refractivity contribution in [3.05, 3.63) is 48.0 Å². The molecule has 6 rings (SSSR count). The first kappa shape index (κ1) is 27.3. The van der Waals surface area contributed by atoms with Crippen molar-refractivity contribution in [2.45, 2.75) is 99.9 Å². The van der Waals surface area contributed by atoms with Crippen LogP contribution in [0.3, 0.4) is 0 Å². The molecule has 10 nitrogen and oxygen atoms in total. The molecule has 1 aromatic carbocycles. The van der Waals surface area contributed by atoms with Gasteiger partial charge >= 0.3 is 5.97 Å². The van der Waals surface area contributed by atoms with Crippen molar-refractivity contribution in [3.8, 4) is 0 Å². The van der Waals surface area contributed by atoms with Gasteiger partial charge in [-0.05, 0) is 43.9 Å². The third-order valence-electron chi connectivity index (χ3n) is 10.5. The van der Waals surface area contributed by atoms with Gasteiger partial charge in [-0.3, -0.25) is 0 Å². The minimum atomic E-state index is -2.28. The SMILES string of the molecule is C=C(C)[C@@]12O[C@@]3(C)O[C@@H]1[C@@H]1[C@H](O)[C@@](C)(O)[C@@H](O)[C@@]4(O)[C@@H](C[C@H](C)[C@@H]4O)[C@@]1(O3)[C@H](C)[C@@H]2OC(=O)c1ccccc1. The molecular weight excluding hydrogens is 508 g/mol. The summed E-state index contributed by atoms with van der Waals surface area (Å²) in [5, 5.41) is 58.3. The number of benzene rings is 1. The number of hydrogen-bond acceptors (Lipinski definition) is 10. The van der Waals surface area contributed by atoms with E-state index in [1.807, 2.05) is 0 Å². The highest BCUT2D eigenvalue weighted by atomic mass is 16.9. The van der Waals surface area contributed by atoms with Gasteiger partial charge in [0.25, 0.3) is 5.97 Å². The summed E-state index contributed by atoms with van der Waals surface area (Å²) in [6.45, 7) is 12.2. The number of carbonyl (C=O) groups excluding carboxylic acids is 1. The van der Waals surface area contributed by atoms with Crippen LogP contribution in [-0.4, -0.2) is 90.4 Å². The third kappa shape index (κ3) is 3.06. The Morgan fingerprint density at radius 3 is 2.31 bits per heavy atom. The number of aliphatic hydroxyl groups is 5. The van der Waals surface area contributed by atoms with Gasteiger partial charge in [-0.15, -0.1) is 0 Å².